The Bertz CT molecular complexity index is 549. The number of fused-ring (bicyclic) bond motifs is 1. The number of para-hydroxylation sites is 2. The Labute approximate surface area is 114 Å². The molecule has 1 aromatic heterocycles. The summed E-state index contributed by atoms with van der Waals surface area (Å²) in [7, 11) is 0. The summed E-state index contributed by atoms with van der Waals surface area (Å²) in [6.45, 7) is 7.93. The van der Waals surface area contributed by atoms with Gasteiger partial charge in [-0.3, -0.25) is 0 Å². The summed E-state index contributed by atoms with van der Waals surface area (Å²) in [5.74, 6) is 0.985. The molecule has 0 aliphatic rings. The molecule has 0 saturated carbocycles. The van der Waals surface area contributed by atoms with Crippen molar-refractivity contribution >= 4 is 11.0 Å². The summed E-state index contributed by atoms with van der Waals surface area (Å²) in [6, 6.07) is 8.12. The smallest absolute Gasteiger partial charge is 0.106 e. The van der Waals surface area contributed by atoms with Crippen LogP contribution in [-0.4, -0.2) is 33.3 Å². The number of aryl methyl sites for hydroxylation is 1. The molecule has 0 aliphatic carbocycles. The topological polar surface area (TPSA) is 50.1 Å². The third-order valence-electron chi connectivity index (χ3n) is 3.50. The van der Waals surface area contributed by atoms with Gasteiger partial charge in [0.2, 0.25) is 0 Å². The van der Waals surface area contributed by atoms with Crippen molar-refractivity contribution in [3.8, 4) is 0 Å². The fourth-order valence-corrected chi connectivity index (χ4v) is 2.33. The molecule has 1 heterocycles. The molecular weight excluding hydrogens is 238 g/mol. The van der Waals surface area contributed by atoms with Crippen LogP contribution in [-0.2, 0) is 6.54 Å². The Balaban J connectivity index is 2.31. The van der Waals surface area contributed by atoms with Crippen molar-refractivity contribution in [3.63, 3.8) is 0 Å². The van der Waals surface area contributed by atoms with Crippen LogP contribution in [0.2, 0.25) is 0 Å². The van der Waals surface area contributed by atoms with Gasteiger partial charge in [0, 0.05) is 6.54 Å². The van der Waals surface area contributed by atoms with E-state index in [0.717, 1.165) is 36.4 Å². The average Bonchev–Trinajstić information content (AvgIpc) is 2.73. The molecule has 0 spiro atoms. The first-order valence-corrected chi connectivity index (χ1v) is 6.87. The van der Waals surface area contributed by atoms with Gasteiger partial charge in [0.05, 0.1) is 23.2 Å². The maximum Gasteiger partial charge on any atom is 0.106 e. The number of hydrogen-bond acceptors (Lipinski definition) is 3. The van der Waals surface area contributed by atoms with Crippen LogP contribution in [0.4, 0.5) is 0 Å². The van der Waals surface area contributed by atoms with Gasteiger partial charge in [0.1, 0.15) is 5.82 Å². The minimum atomic E-state index is -0.315. The number of rotatable bonds is 6. The number of hydrogen-bond donors (Lipinski definition) is 2. The van der Waals surface area contributed by atoms with Crippen molar-refractivity contribution in [3.05, 3.63) is 30.1 Å². The lowest BCUT2D eigenvalue weighted by Crippen LogP contribution is -2.49. The fraction of sp³-hybridized carbons (Fsp3) is 0.533. The lowest BCUT2D eigenvalue weighted by atomic mass is 10.0. The largest absolute Gasteiger partial charge is 0.394 e. The van der Waals surface area contributed by atoms with Gasteiger partial charge in [-0.05, 0) is 38.9 Å². The van der Waals surface area contributed by atoms with E-state index < -0.39 is 0 Å². The number of aliphatic hydroxyl groups excluding tert-OH is 1. The average molecular weight is 261 g/mol. The molecule has 1 unspecified atom stereocenters. The molecule has 0 amide bonds. The third kappa shape index (κ3) is 2.96. The first kappa shape index (κ1) is 14.0. The summed E-state index contributed by atoms with van der Waals surface area (Å²) in [5.41, 5.74) is 1.82. The zero-order chi connectivity index (χ0) is 13.9. The standard InChI is InChI=1S/C15H23N3O/c1-4-9-16-15(3,11-19)10-18-12(2)17-13-7-5-6-8-14(13)18/h5-8,16,19H,4,9-11H2,1-3H3. The molecule has 2 aromatic rings. The summed E-state index contributed by atoms with van der Waals surface area (Å²) in [6.07, 6.45) is 1.05. The van der Waals surface area contributed by atoms with Crippen LogP contribution in [0.1, 0.15) is 26.1 Å². The summed E-state index contributed by atoms with van der Waals surface area (Å²) >= 11 is 0. The molecule has 2 rings (SSSR count). The van der Waals surface area contributed by atoms with Gasteiger partial charge in [0.25, 0.3) is 0 Å². The van der Waals surface area contributed by atoms with Crippen LogP contribution >= 0.6 is 0 Å². The molecular formula is C15H23N3O. The fourth-order valence-electron chi connectivity index (χ4n) is 2.33. The first-order chi connectivity index (χ1) is 9.09. The van der Waals surface area contributed by atoms with E-state index in [9.17, 15) is 5.11 Å². The number of nitrogens with zero attached hydrogens (tertiary/aromatic N) is 2. The Morgan fingerprint density at radius 3 is 2.79 bits per heavy atom. The quantitative estimate of drug-likeness (QED) is 0.837. The highest BCUT2D eigenvalue weighted by atomic mass is 16.3. The molecule has 0 saturated heterocycles. The van der Waals surface area contributed by atoms with E-state index in [0.29, 0.717) is 0 Å². The highest BCUT2D eigenvalue weighted by Gasteiger charge is 2.24. The molecule has 4 heteroatoms. The van der Waals surface area contributed by atoms with Crippen molar-refractivity contribution in [2.45, 2.75) is 39.3 Å². The summed E-state index contributed by atoms with van der Waals surface area (Å²) in [5, 5.41) is 13.1. The highest BCUT2D eigenvalue weighted by molar-refractivity contribution is 5.75. The van der Waals surface area contributed by atoms with Crippen molar-refractivity contribution < 1.29 is 5.11 Å². The normalized spacial score (nSPS) is 14.7. The molecule has 0 radical (unpaired) electrons. The van der Waals surface area contributed by atoms with Gasteiger partial charge in [-0.2, -0.15) is 0 Å². The summed E-state index contributed by atoms with van der Waals surface area (Å²) in [4.78, 5) is 4.57. The van der Waals surface area contributed by atoms with Crippen LogP contribution in [0.5, 0.6) is 0 Å². The monoisotopic (exact) mass is 261 g/mol. The number of aromatic nitrogens is 2. The van der Waals surface area contributed by atoms with Crippen LogP contribution in [0.25, 0.3) is 11.0 Å². The Kier molecular flexibility index (Phi) is 4.22. The molecule has 1 atom stereocenters. The van der Waals surface area contributed by atoms with Crippen molar-refractivity contribution in [2.75, 3.05) is 13.2 Å². The third-order valence-corrected chi connectivity index (χ3v) is 3.50. The second-order valence-corrected chi connectivity index (χ2v) is 5.38. The number of nitrogens with one attached hydrogen (secondary N) is 1. The molecule has 2 N–H and O–H groups in total. The Morgan fingerprint density at radius 1 is 1.37 bits per heavy atom. The van der Waals surface area contributed by atoms with E-state index in [1.165, 1.54) is 0 Å². The highest BCUT2D eigenvalue weighted by Crippen LogP contribution is 2.18. The number of imidazole rings is 1. The van der Waals surface area contributed by atoms with E-state index >= 15 is 0 Å². The van der Waals surface area contributed by atoms with Crippen LogP contribution < -0.4 is 5.32 Å². The maximum absolute atomic E-state index is 9.68. The molecule has 19 heavy (non-hydrogen) atoms. The molecule has 0 aliphatic heterocycles. The van der Waals surface area contributed by atoms with Gasteiger partial charge in [-0.1, -0.05) is 19.1 Å². The van der Waals surface area contributed by atoms with Crippen molar-refractivity contribution in [1.29, 1.82) is 0 Å². The van der Waals surface area contributed by atoms with E-state index in [2.05, 4.69) is 34.8 Å². The van der Waals surface area contributed by atoms with E-state index in [1.54, 1.807) is 0 Å². The Hall–Kier alpha value is -1.39. The van der Waals surface area contributed by atoms with Gasteiger partial charge < -0.3 is 15.0 Å². The predicted octanol–water partition coefficient (Wildman–Crippen LogP) is 2.10. The number of aliphatic hydroxyl groups is 1. The second-order valence-electron chi connectivity index (χ2n) is 5.38. The summed E-state index contributed by atoms with van der Waals surface area (Å²) < 4.78 is 2.17. The lowest BCUT2D eigenvalue weighted by molar-refractivity contribution is 0.158. The number of benzene rings is 1. The predicted molar refractivity (Wildman–Crippen MR) is 78.3 cm³/mol. The molecule has 0 fully saturated rings. The van der Waals surface area contributed by atoms with E-state index in [1.807, 2.05) is 25.1 Å². The zero-order valence-electron chi connectivity index (χ0n) is 12.0. The zero-order valence-corrected chi connectivity index (χ0v) is 12.0. The van der Waals surface area contributed by atoms with Gasteiger partial charge >= 0.3 is 0 Å². The Morgan fingerprint density at radius 2 is 2.11 bits per heavy atom. The van der Waals surface area contributed by atoms with Gasteiger partial charge in [-0.25, -0.2) is 4.98 Å². The molecule has 104 valence electrons. The molecule has 1 aromatic carbocycles. The maximum atomic E-state index is 9.68. The molecule has 0 bridgehead atoms. The lowest BCUT2D eigenvalue weighted by Gasteiger charge is -2.30. The van der Waals surface area contributed by atoms with E-state index in [4.69, 9.17) is 0 Å². The van der Waals surface area contributed by atoms with Crippen LogP contribution in [0.3, 0.4) is 0 Å². The van der Waals surface area contributed by atoms with Crippen molar-refractivity contribution in [2.24, 2.45) is 0 Å². The van der Waals surface area contributed by atoms with E-state index in [-0.39, 0.29) is 12.1 Å². The van der Waals surface area contributed by atoms with Gasteiger partial charge in [0.15, 0.2) is 0 Å². The first-order valence-electron chi connectivity index (χ1n) is 6.87. The van der Waals surface area contributed by atoms with Gasteiger partial charge in [-0.15, -0.1) is 0 Å². The van der Waals surface area contributed by atoms with Crippen LogP contribution in [0.15, 0.2) is 24.3 Å². The second kappa shape index (κ2) is 5.72. The SMILES string of the molecule is CCCNC(C)(CO)Cn1c(C)nc2ccccc21. The van der Waals surface area contributed by atoms with Crippen LogP contribution in [0, 0.1) is 6.92 Å². The minimum Gasteiger partial charge on any atom is -0.394 e. The molecule has 4 nitrogen and oxygen atoms in total. The minimum absolute atomic E-state index is 0.110. The van der Waals surface area contributed by atoms with Crippen molar-refractivity contribution in [1.82, 2.24) is 14.9 Å².